The Morgan fingerprint density at radius 1 is 1.58 bits per heavy atom. The first kappa shape index (κ1) is 15.4. The molecular weight excluding hydrogens is 270 g/mol. The van der Waals surface area contributed by atoms with Crippen molar-refractivity contribution >= 4 is 23.2 Å². The minimum atomic E-state index is -0.598. The number of pyridine rings is 1. The molecule has 0 saturated carbocycles. The summed E-state index contributed by atoms with van der Waals surface area (Å²) in [7, 11) is 0. The van der Waals surface area contributed by atoms with E-state index < -0.39 is 4.92 Å². The van der Waals surface area contributed by atoms with Crippen LogP contribution in [-0.4, -0.2) is 33.3 Å². The van der Waals surface area contributed by atoms with Gasteiger partial charge in [0.05, 0.1) is 10.5 Å². The predicted octanol–water partition coefficient (Wildman–Crippen LogP) is 2.90. The average Bonchev–Trinajstić information content (AvgIpc) is 2.39. The first-order valence-corrected chi connectivity index (χ1v) is 6.41. The zero-order valence-corrected chi connectivity index (χ0v) is 11.8. The van der Waals surface area contributed by atoms with Crippen LogP contribution >= 0.6 is 11.6 Å². The second-order valence-corrected chi connectivity index (χ2v) is 4.50. The minimum absolute atomic E-state index is 0.0163. The number of hydrogen-bond acceptors (Lipinski definition) is 4. The Bertz CT molecular complexity index is 493. The Morgan fingerprint density at radius 3 is 2.68 bits per heavy atom. The molecule has 7 heteroatoms. The van der Waals surface area contributed by atoms with E-state index in [2.05, 4.69) is 4.98 Å². The monoisotopic (exact) mass is 285 g/mol. The SMILES string of the molecule is CCC(C)N(CC)C(=O)c1cc([N+](=O)[O-])cnc1Cl. The van der Waals surface area contributed by atoms with Gasteiger partial charge in [-0.2, -0.15) is 0 Å². The Morgan fingerprint density at radius 2 is 2.21 bits per heavy atom. The van der Waals surface area contributed by atoms with E-state index in [1.807, 2.05) is 20.8 Å². The van der Waals surface area contributed by atoms with E-state index in [-0.39, 0.29) is 28.4 Å². The molecule has 0 aliphatic rings. The molecular formula is C12H16ClN3O3. The van der Waals surface area contributed by atoms with Gasteiger partial charge in [-0.1, -0.05) is 18.5 Å². The third-order valence-corrected chi connectivity index (χ3v) is 3.29. The van der Waals surface area contributed by atoms with Crippen molar-refractivity contribution in [2.45, 2.75) is 33.2 Å². The van der Waals surface area contributed by atoms with E-state index in [0.717, 1.165) is 12.6 Å². The fourth-order valence-electron chi connectivity index (χ4n) is 1.72. The van der Waals surface area contributed by atoms with Gasteiger partial charge in [0.15, 0.2) is 0 Å². The first-order valence-electron chi connectivity index (χ1n) is 6.03. The van der Waals surface area contributed by atoms with E-state index >= 15 is 0 Å². The van der Waals surface area contributed by atoms with E-state index in [1.54, 1.807) is 4.90 Å². The quantitative estimate of drug-likeness (QED) is 0.473. The van der Waals surface area contributed by atoms with Crippen LogP contribution in [0.1, 0.15) is 37.6 Å². The van der Waals surface area contributed by atoms with Gasteiger partial charge < -0.3 is 4.90 Å². The van der Waals surface area contributed by atoms with E-state index in [4.69, 9.17) is 11.6 Å². The Hall–Kier alpha value is -1.69. The molecule has 0 spiro atoms. The largest absolute Gasteiger partial charge is 0.336 e. The number of nitro groups is 1. The molecule has 104 valence electrons. The average molecular weight is 286 g/mol. The highest BCUT2D eigenvalue weighted by atomic mass is 35.5. The molecule has 0 aliphatic heterocycles. The molecule has 0 aromatic carbocycles. The van der Waals surface area contributed by atoms with Crippen LogP contribution in [0.3, 0.4) is 0 Å². The Balaban J connectivity index is 3.17. The molecule has 6 nitrogen and oxygen atoms in total. The third kappa shape index (κ3) is 3.41. The van der Waals surface area contributed by atoms with Crippen LogP contribution in [-0.2, 0) is 0 Å². The zero-order chi connectivity index (χ0) is 14.6. The highest BCUT2D eigenvalue weighted by molar-refractivity contribution is 6.32. The van der Waals surface area contributed by atoms with Gasteiger partial charge >= 0.3 is 0 Å². The number of rotatable bonds is 5. The summed E-state index contributed by atoms with van der Waals surface area (Å²) in [6.07, 6.45) is 1.83. The minimum Gasteiger partial charge on any atom is -0.336 e. The number of nitrogens with zero attached hydrogens (tertiary/aromatic N) is 3. The van der Waals surface area contributed by atoms with Crippen molar-refractivity contribution in [2.75, 3.05) is 6.54 Å². The smallest absolute Gasteiger partial charge is 0.288 e. The lowest BCUT2D eigenvalue weighted by Gasteiger charge is -2.27. The number of hydrogen-bond donors (Lipinski definition) is 0. The molecule has 0 aliphatic carbocycles. The van der Waals surface area contributed by atoms with Gasteiger partial charge in [-0.3, -0.25) is 14.9 Å². The molecule has 1 aromatic heterocycles. The van der Waals surface area contributed by atoms with Crippen LogP contribution in [0.4, 0.5) is 5.69 Å². The fourth-order valence-corrected chi connectivity index (χ4v) is 1.90. The summed E-state index contributed by atoms with van der Waals surface area (Å²) >= 11 is 5.86. The zero-order valence-electron chi connectivity index (χ0n) is 11.1. The van der Waals surface area contributed by atoms with Gasteiger partial charge in [-0.05, 0) is 20.3 Å². The lowest BCUT2D eigenvalue weighted by molar-refractivity contribution is -0.385. The maximum absolute atomic E-state index is 12.4. The van der Waals surface area contributed by atoms with Crippen molar-refractivity contribution in [2.24, 2.45) is 0 Å². The normalized spacial score (nSPS) is 12.0. The molecule has 1 rings (SSSR count). The van der Waals surface area contributed by atoms with E-state index in [9.17, 15) is 14.9 Å². The van der Waals surface area contributed by atoms with Crippen molar-refractivity contribution in [3.8, 4) is 0 Å². The molecule has 0 N–H and O–H groups in total. The van der Waals surface area contributed by atoms with Gasteiger partial charge in [-0.25, -0.2) is 4.98 Å². The highest BCUT2D eigenvalue weighted by Crippen LogP contribution is 2.21. The summed E-state index contributed by atoms with van der Waals surface area (Å²) in [6.45, 7) is 6.24. The fraction of sp³-hybridized carbons (Fsp3) is 0.500. The van der Waals surface area contributed by atoms with Gasteiger partial charge in [0, 0.05) is 18.7 Å². The predicted molar refractivity (Wildman–Crippen MR) is 72.4 cm³/mol. The number of amides is 1. The summed E-state index contributed by atoms with van der Waals surface area (Å²) in [5.41, 5.74) is -0.175. The Labute approximate surface area is 116 Å². The van der Waals surface area contributed by atoms with Crippen LogP contribution in [0, 0.1) is 10.1 Å². The molecule has 0 radical (unpaired) electrons. The molecule has 1 unspecified atom stereocenters. The molecule has 0 bridgehead atoms. The summed E-state index contributed by atoms with van der Waals surface area (Å²) in [4.78, 5) is 27.8. The molecule has 0 fully saturated rings. The second kappa shape index (κ2) is 6.47. The van der Waals surface area contributed by atoms with Crippen molar-refractivity contribution in [1.29, 1.82) is 0 Å². The molecule has 1 atom stereocenters. The van der Waals surface area contributed by atoms with E-state index in [0.29, 0.717) is 6.54 Å². The topological polar surface area (TPSA) is 76.3 Å². The molecule has 1 amide bonds. The van der Waals surface area contributed by atoms with Gasteiger partial charge in [0.2, 0.25) is 0 Å². The lowest BCUT2D eigenvalue weighted by Crippen LogP contribution is -2.38. The van der Waals surface area contributed by atoms with Crippen LogP contribution in [0.5, 0.6) is 0 Å². The third-order valence-electron chi connectivity index (χ3n) is 2.99. The van der Waals surface area contributed by atoms with Crippen LogP contribution in [0.15, 0.2) is 12.3 Å². The summed E-state index contributed by atoms with van der Waals surface area (Å²) in [6, 6.07) is 1.20. The van der Waals surface area contributed by atoms with Crippen LogP contribution < -0.4 is 0 Å². The van der Waals surface area contributed by atoms with Gasteiger partial charge in [-0.15, -0.1) is 0 Å². The second-order valence-electron chi connectivity index (χ2n) is 4.14. The van der Waals surface area contributed by atoms with Crippen molar-refractivity contribution in [3.63, 3.8) is 0 Å². The van der Waals surface area contributed by atoms with Crippen LogP contribution in [0.25, 0.3) is 0 Å². The van der Waals surface area contributed by atoms with Crippen LogP contribution in [0.2, 0.25) is 5.15 Å². The van der Waals surface area contributed by atoms with Gasteiger partial charge in [0.25, 0.3) is 11.6 Å². The van der Waals surface area contributed by atoms with E-state index in [1.165, 1.54) is 6.07 Å². The van der Waals surface area contributed by atoms with Crippen molar-refractivity contribution < 1.29 is 9.72 Å². The molecule has 1 heterocycles. The number of halogens is 1. The number of aromatic nitrogens is 1. The maximum Gasteiger partial charge on any atom is 0.288 e. The highest BCUT2D eigenvalue weighted by Gasteiger charge is 2.23. The van der Waals surface area contributed by atoms with Crippen molar-refractivity contribution in [1.82, 2.24) is 9.88 Å². The van der Waals surface area contributed by atoms with Gasteiger partial charge in [0.1, 0.15) is 11.3 Å². The Kier molecular flexibility index (Phi) is 5.23. The number of carbonyl (C=O) groups is 1. The summed E-state index contributed by atoms with van der Waals surface area (Å²) < 4.78 is 0. The standard InChI is InChI=1S/C12H16ClN3O3/c1-4-8(3)15(5-2)12(17)10-6-9(16(18)19)7-14-11(10)13/h6-8H,4-5H2,1-3H3. The molecule has 19 heavy (non-hydrogen) atoms. The van der Waals surface area contributed by atoms with Crippen molar-refractivity contribution in [3.05, 3.63) is 33.1 Å². The molecule has 1 aromatic rings. The lowest BCUT2D eigenvalue weighted by atomic mass is 10.1. The first-order chi connectivity index (χ1) is 8.92. The maximum atomic E-state index is 12.4. The summed E-state index contributed by atoms with van der Waals surface area (Å²) in [5, 5.41) is 10.7. The number of carbonyl (C=O) groups excluding carboxylic acids is 1. The molecule has 0 saturated heterocycles. The summed E-state index contributed by atoms with van der Waals surface area (Å²) in [5.74, 6) is -0.335.